The molecule has 122 valence electrons. The van der Waals surface area contributed by atoms with Crippen molar-refractivity contribution in [2.45, 2.75) is 4.90 Å². The molecule has 1 N–H and O–H groups in total. The third kappa shape index (κ3) is 2.26. The fourth-order valence-corrected chi connectivity index (χ4v) is 3.48. The number of oxazole rings is 2. The Labute approximate surface area is 135 Å². The van der Waals surface area contributed by atoms with E-state index in [0.717, 1.165) is 0 Å². The first-order valence-corrected chi connectivity index (χ1v) is 8.38. The van der Waals surface area contributed by atoms with Gasteiger partial charge in [-0.25, -0.2) is 18.2 Å². The van der Waals surface area contributed by atoms with Crippen LogP contribution in [0.4, 0.5) is 5.69 Å². The van der Waals surface area contributed by atoms with Crippen LogP contribution in [0.2, 0.25) is 0 Å². The highest BCUT2D eigenvalue weighted by Gasteiger charge is 2.17. The second kappa shape index (κ2) is 4.96. The van der Waals surface area contributed by atoms with Crippen LogP contribution >= 0.6 is 0 Å². The first-order valence-electron chi connectivity index (χ1n) is 6.90. The smallest absolute Gasteiger partial charge is 0.419 e. The number of sulfonamides is 1. The zero-order valence-corrected chi connectivity index (χ0v) is 13.2. The Hall–Kier alpha value is -3.07. The van der Waals surface area contributed by atoms with Crippen molar-refractivity contribution in [3.05, 3.63) is 53.3 Å². The Bertz CT molecular complexity index is 1230. The standard InChI is InChI=1S/C15H11N3O5S/c1-18-12-4-3-10(7-14(12)23-15(18)19)24(20,21)17-9-2-5-13-11(6-9)16-8-22-13/h2-8,17H,1H3. The summed E-state index contributed by atoms with van der Waals surface area (Å²) in [5.41, 5.74) is 2.18. The Morgan fingerprint density at radius 3 is 2.79 bits per heavy atom. The van der Waals surface area contributed by atoms with Gasteiger partial charge < -0.3 is 8.83 Å². The largest absolute Gasteiger partial charge is 0.443 e. The molecule has 9 heteroatoms. The molecule has 0 amide bonds. The number of anilines is 1. The first kappa shape index (κ1) is 14.5. The van der Waals surface area contributed by atoms with E-state index in [1.807, 2.05) is 0 Å². The molecular weight excluding hydrogens is 334 g/mol. The molecule has 0 saturated carbocycles. The summed E-state index contributed by atoms with van der Waals surface area (Å²) >= 11 is 0. The van der Waals surface area contributed by atoms with E-state index < -0.39 is 15.8 Å². The van der Waals surface area contributed by atoms with Crippen molar-refractivity contribution in [2.75, 3.05) is 4.72 Å². The summed E-state index contributed by atoms with van der Waals surface area (Å²) in [7, 11) is -2.29. The minimum Gasteiger partial charge on any atom is -0.443 e. The monoisotopic (exact) mass is 345 g/mol. The first-order chi connectivity index (χ1) is 11.4. The molecule has 0 spiro atoms. The minimum atomic E-state index is -3.84. The zero-order chi connectivity index (χ0) is 16.9. The van der Waals surface area contributed by atoms with Gasteiger partial charge in [0.25, 0.3) is 10.0 Å². The number of nitrogens with zero attached hydrogens (tertiary/aromatic N) is 2. The second-order valence-electron chi connectivity index (χ2n) is 5.20. The molecule has 2 heterocycles. The van der Waals surface area contributed by atoms with Crippen molar-refractivity contribution < 1.29 is 17.3 Å². The molecule has 0 fully saturated rings. The van der Waals surface area contributed by atoms with E-state index in [-0.39, 0.29) is 10.5 Å². The van der Waals surface area contributed by atoms with Crippen molar-refractivity contribution in [1.82, 2.24) is 9.55 Å². The number of benzene rings is 2. The predicted molar refractivity (Wildman–Crippen MR) is 86.3 cm³/mol. The maximum absolute atomic E-state index is 12.5. The van der Waals surface area contributed by atoms with E-state index in [2.05, 4.69) is 9.71 Å². The summed E-state index contributed by atoms with van der Waals surface area (Å²) in [4.78, 5) is 15.5. The molecule has 0 aliphatic heterocycles. The van der Waals surface area contributed by atoms with Gasteiger partial charge in [0.2, 0.25) is 0 Å². The van der Waals surface area contributed by atoms with E-state index in [4.69, 9.17) is 8.83 Å². The quantitative estimate of drug-likeness (QED) is 0.609. The lowest BCUT2D eigenvalue weighted by Gasteiger charge is -2.07. The third-order valence-electron chi connectivity index (χ3n) is 3.66. The van der Waals surface area contributed by atoms with E-state index in [0.29, 0.717) is 22.3 Å². The van der Waals surface area contributed by atoms with Crippen LogP contribution in [0.25, 0.3) is 22.2 Å². The Morgan fingerprint density at radius 2 is 1.96 bits per heavy atom. The van der Waals surface area contributed by atoms with Crippen LogP contribution in [0.5, 0.6) is 0 Å². The highest BCUT2D eigenvalue weighted by molar-refractivity contribution is 7.92. The number of nitrogens with one attached hydrogen (secondary N) is 1. The summed E-state index contributed by atoms with van der Waals surface area (Å²) < 4.78 is 39.0. The highest BCUT2D eigenvalue weighted by atomic mass is 32.2. The Kier molecular flexibility index (Phi) is 3.00. The summed E-state index contributed by atoms with van der Waals surface area (Å²) in [6, 6.07) is 9.01. The maximum Gasteiger partial charge on any atom is 0.419 e. The number of rotatable bonds is 3. The molecule has 4 rings (SSSR count). The van der Waals surface area contributed by atoms with Gasteiger partial charge in [0, 0.05) is 13.1 Å². The molecule has 0 unspecified atom stereocenters. The average molecular weight is 345 g/mol. The molecule has 0 aliphatic carbocycles. The summed E-state index contributed by atoms with van der Waals surface area (Å²) in [6.45, 7) is 0. The lowest BCUT2D eigenvalue weighted by Crippen LogP contribution is -2.12. The minimum absolute atomic E-state index is 0.00963. The summed E-state index contributed by atoms with van der Waals surface area (Å²) in [5, 5.41) is 0. The molecule has 2 aromatic heterocycles. The van der Waals surface area contributed by atoms with Crippen LogP contribution < -0.4 is 10.5 Å². The van der Waals surface area contributed by atoms with Gasteiger partial charge in [-0.15, -0.1) is 0 Å². The molecule has 4 aromatic rings. The van der Waals surface area contributed by atoms with Crippen LogP contribution in [0, 0.1) is 0 Å². The number of hydrogen-bond donors (Lipinski definition) is 1. The molecular formula is C15H11N3O5S. The molecule has 0 saturated heterocycles. The molecule has 0 aliphatic rings. The predicted octanol–water partition coefficient (Wildman–Crippen LogP) is 2.07. The SMILES string of the molecule is Cn1c(=O)oc2cc(S(=O)(=O)Nc3ccc4ocnc4c3)ccc21. The van der Waals surface area contributed by atoms with E-state index >= 15 is 0 Å². The van der Waals surface area contributed by atoms with Crippen molar-refractivity contribution >= 4 is 37.9 Å². The van der Waals surface area contributed by atoms with Gasteiger partial charge in [-0.1, -0.05) is 0 Å². The Morgan fingerprint density at radius 1 is 1.12 bits per heavy atom. The van der Waals surface area contributed by atoms with Crippen molar-refractivity contribution in [1.29, 1.82) is 0 Å². The van der Waals surface area contributed by atoms with Gasteiger partial charge in [0.15, 0.2) is 17.6 Å². The van der Waals surface area contributed by atoms with E-state index in [1.165, 1.54) is 29.2 Å². The maximum atomic E-state index is 12.5. The van der Waals surface area contributed by atoms with Crippen LogP contribution in [0.15, 0.2) is 61.3 Å². The number of aromatic nitrogens is 2. The van der Waals surface area contributed by atoms with Crippen LogP contribution in [0.1, 0.15) is 0 Å². The fraction of sp³-hybridized carbons (Fsp3) is 0.0667. The van der Waals surface area contributed by atoms with Gasteiger partial charge in [-0.2, -0.15) is 0 Å². The van der Waals surface area contributed by atoms with Gasteiger partial charge >= 0.3 is 5.76 Å². The topological polar surface area (TPSA) is 107 Å². The van der Waals surface area contributed by atoms with Crippen molar-refractivity contribution in [3.63, 3.8) is 0 Å². The normalized spacial score (nSPS) is 12.0. The lowest BCUT2D eigenvalue weighted by molar-refractivity contribution is 0.527. The number of hydrogen-bond acceptors (Lipinski definition) is 6. The average Bonchev–Trinajstić information content (AvgIpc) is 3.11. The zero-order valence-electron chi connectivity index (χ0n) is 12.4. The van der Waals surface area contributed by atoms with Crippen molar-refractivity contribution in [3.8, 4) is 0 Å². The fourth-order valence-electron chi connectivity index (χ4n) is 2.42. The van der Waals surface area contributed by atoms with Gasteiger partial charge in [0.05, 0.1) is 16.1 Å². The molecule has 2 aromatic carbocycles. The van der Waals surface area contributed by atoms with Crippen LogP contribution in [-0.2, 0) is 17.1 Å². The van der Waals surface area contributed by atoms with Gasteiger partial charge in [-0.05, 0) is 30.3 Å². The van der Waals surface area contributed by atoms with Crippen LogP contribution in [-0.4, -0.2) is 18.0 Å². The molecule has 0 bridgehead atoms. The molecule has 0 atom stereocenters. The van der Waals surface area contributed by atoms with Crippen LogP contribution in [0.3, 0.4) is 0 Å². The number of fused-ring (bicyclic) bond motifs is 2. The van der Waals surface area contributed by atoms with E-state index in [1.54, 1.807) is 25.2 Å². The molecule has 24 heavy (non-hydrogen) atoms. The third-order valence-corrected chi connectivity index (χ3v) is 5.04. The van der Waals surface area contributed by atoms with Crippen molar-refractivity contribution in [2.24, 2.45) is 7.05 Å². The second-order valence-corrected chi connectivity index (χ2v) is 6.88. The highest BCUT2D eigenvalue weighted by Crippen LogP contribution is 2.23. The van der Waals surface area contributed by atoms with Gasteiger partial charge in [-0.3, -0.25) is 9.29 Å². The number of aryl methyl sites for hydroxylation is 1. The van der Waals surface area contributed by atoms with Gasteiger partial charge in [0.1, 0.15) is 5.52 Å². The lowest BCUT2D eigenvalue weighted by atomic mass is 10.3. The Balaban J connectivity index is 1.75. The molecule has 8 nitrogen and oxygen atoms in total. The molecule has 0 radical (unpaired) electrons. The summed E-state index contributed by atoms with van der Waals surface area (Å²) in [5.74, 6) is -0.552. The van der Waals surface area contributed by atoms with E-state index in [9.17, 15) is 13.2 Å². The summed E-state index contributed by atoms with van der Waals surface area (Å²) in [6.07, 6.45) is 1.29.